The van der Waals surface area contributed by atoms with Gasteiger partial charge in [-0.25, -0.2) is 9.97 Å². The number of imidazole rings is 1. The predicted octanol–water partition coefficient (Wildman–Crippen LogP) is 5.74. The van der Waals surface area contributed by atoms with Crippen LogP contribution >= 0.6 is 39.7 Å². The summed E-state index contributed by atoms with van der Waals surface area (Å²) in [5, 5.41) is 0.731. The first-order valence-corrected chi connectivity index (χ1v) is 11.8. The molecule has 6 nitrogen and oxygen atoms in total. The fourth-order valence-corrected chi connectivity index (χ4v) is 4.86. The molecule has 1 amide bonds. The second-order valence-electron chi connectivity index (χ2n) is 7.06. The van der Waals surface area contributed by atoms with E-state index in [9.17, 15) is 4.79 Å². The number of aromatic nitrogens is 3. The van der Waals surface area contributed by atoms with Gasteiger partial charge >= 0.3 is 0 Å². The number of aryl methyl sites for hydroxylation is 1. The molecule has 168 valence electrons. The van der Waals surface area contributed by atoms with Crippen LogP contribution in [0.25, 0.3) is 10.2 Å². The van der Waals surface area contributed by atoms with E-state index in [0.29, 0.717) is 19.6 Å². The van der Waals surface area contributed by atoms with Gasteiger partial charge in [0.1, 0.15) is 5.75 Å². The van der Waals surface area contributed by atoms with Crippen molar-refractivity contribution >= 4 is 60.9 Å². The zero-order chi connectivity index (χ0) is 21.6. The molecule has 4 rings (SSSR count). The van der Waals surface area contributed by atoms with Crippen LogP contribution < -0.4 is 9.64 Å². The van der Waals surface area contributed by atoms with Crippen molar-refractivity contribution in [2.75, 3.05) is 18.1 Å². The maximum absolute atomic E-state index is 13.3. The van der Waals surface area contributed by atoms with Crippen molar-refractivity contribution in [3.05, 3.63) is 71.2 Å². The molecule has 9 heteroatoms. The molecule has 0 spiro atoms. The number of fused-ring (bicyclic) bond motifs is 1. The Balaban J connectivity index is 0.00000289. The smallest absolute Gasteiger partial charge is 0.233 e. The van der Waals surface area contributed by atoms with Crippen LogP contribution in [0.1, 0.15) is 18.9 Å². The summed E-state index contributed by atoms with van der Waals surface area (Å²) in [5.41, 5.74) is 1.86. The lowest BCUT2D eigenvalue weighted by Gasteiger charge is -2.20. The molecule has 0 saturated carbocycles. The van der Waals surface area contributed by atoms with E-state index in [1.807, 2.05) is 65.1 Å². The van der Waals surface area contributed by atoms with Crippen molar-refractivity contribution in [1.29, 1.82) is 0 Å². The van der Waals surface area contributed by atoms with Gasteiger partial charge in [0.05, 0.1) is 29.6 Å². The minimum Gasteiger partial charge on any atom is -0.494 e. The summed E-state index contributed by atoms with van der Waals surface area (Å²) in [5.74, 6) is 0.848. The number of nitrogens with zero attached hydrogens (tertiary/aromatic N) is 4. The largest absolute Gasteiger partial charge is 0.494 e. The van der Waals surface area contributed by atoms with E-state index in [4.69, 9.17) is 9.72 Å². The molecule has 2 heterocycles. The molecule has 0 bridgehead atoms. The molecule has 0 fully saturated rings. The van der Waals surface area contributed by atoms with Crippen LogP contribution in [0.15, 0.2) is 65.7 Å². The summed E-state index contributed by atoms with van der Waals surface area (Å²) >= 11 is 5.05. The van der Waals surface area contributed by atoms with Gasteiger partial charge < -0.3 is 9.30 Å². The molecular weight excluding hydrogens is 512 g/mol. The molecule has 0 radical (unpaired) electrons. The fraction of sp³-hybridized carbons (Fsp3) is 0.261. The van der Waals surface area contributed by atoms with Gasteiger partial charge in [0.25, 0.3) is 0 Å². The standard InChI is InChI=1S/C23H23BrN4O2S.ClH/c1-2-30-19-7-4-17(5-8-19)14-22(29)28(12-3-11-27-13-10-25-16-27)23-26-20-9-6-18(24)15-21(20)31-23;/h4-10,13,15-16H,2-3,11-12,14H2,1H3;1H. The van der Waals surface area contributed by atoms with Crippen molar-refractivity contribution in [2.24, 2.45) is 0 Å². The molecule has 0 unspecified atom stereocenters. The van der Waals surface area contributed by atoms with E-state index in [2.05, 4.69) is 20.9 Å². The first-order valence-electron chi connectivity index (χ1n) is 10.2. The number of anilines is 1. The number of amides is 1. The summed E-state index contributed by atoms with van der Waals surface area (Å²) < 4.78 is 9.57. The number of carbonyl (C=O) groups is 1. The van der Waals surface area contributed by atoms with Gasteiger partial charge in [-0.05, 0) is 49.2 Å². The fourth-order valence-electron chi connectivity index (χ4n) is 3.30. The number of thiazole rings is 1. The third kappa shape index (κ3) is 6.09. The second-order valence-corrected chi connectivity index (χ2v) is 8.99. The number of hydrogen-bond donors (Lipinski definition) is 0. The minimum atomic E-state index is 0. The van der Waals surface area contributed by atoms with Gasteiger partial charge in [-0.1, -0.05) is 39.4 Å². The average Bonchev–Trinajstić information content (AvgIpc) is 3.42. The maximum atomic E-state index is 13.3. The van der Waals surface area contributed by atoms with Crippen LogP contribution in [0.3, 0.4) is 0 Å². The Hall–Kier alpha value is -2.42. The SMILES string of the molecule is CCOc1ccc(CC(=O)N(CCCn2ccnc2)c2nc3ccc(Br)cc3s2)cc1.Cl. The van der Waals surface area contributed by atoms with Gasteiger partial charge in [-0.15, -0.1) is 12.4 Å². The Morgan fingerprint density at radius 2 is 2.03 bits per heavy atom. The third-order valence-corrected chi connectivity index (χ3v) is 6.35. The molecule has 2 aromatic carbocycles. The minimum absolute atomic E-state index is 0. The van der Waals surface area contributed by atoms with Crippen LogP contribution in [0.4, 0.5) is 5.13 Å². The lowest BCUT2D eigenvalue weighted by atomic mass is 10.1. The molecule has 4 aromatic rings. The van der Waals surface area contributed by atoms with Crippen LogP contribution in [-0.4, -0.2) is 33.6 Å². The molecule has 0 atom stereocenters. The number of rotatable bonds is 9. The number of ether oxygens (including phenoxy) is 1. The average molecular weight is 536 g/mol. The molecule has 2 aromatic heterocycles. The van der Waals surface area contributed by atoms with Crippen molar-refractivity contribution in [3.8, 4) is 5.75 Å². The first kappa shape index (κ1) is 24.2. The third-order valence-electron chi connectivity index (χ3n) is 4.82. The van der Waals surface area contributed by atoms with E-state index < -0.39 is 0 Å². The second kappa shape index (κ2) is 11.4. The summed E-state index contributed by atoms with van der Waals surface area (Å²) in [6.45, 7) is 3.96. The van der Waals surface area contributed by atoms with Crippen molar-refractivity contribution in [1.82, 2.24) is 14.5 Å². The highest BCUT2D eigenvalue weighted by Crippen LogP contribution is 2.31. The Morgan fingerprint density at radius 3 is 2.75 bits per heavy atom. The van der Waals surface area contributed by atoms with E-state index in [1.165, 1.54) is 0 Å². The number of benzene rings is 2. The Labute approximate surface area is 205 Å². The summed E-state index contributed by atoms with van der Waals surface area (Å²) in [6, 6.07) is 13.7. The highest BCUT2D eigenvalue weighted by molar-refractivity contribution is 9.10. The number of hydrogen-bond acceptors (Lipinski definition) is 5. The van der Waals surface area contributed by atoms with Crippen LogP contribution in [0.2, 0.25) is 0 Å². The number of carbonyl (C=O) groups excluding carboxylic acids is 1. The predicted molar refractivity (Wildman–Crippen MR) is 135 cm³/mol. The van der Waals surface area contributed by atoms with Crippen LogP contribution in [-0.2, 0) is 17.8 Å². The van der Waals surface area contributed by atoms with Gasteiger partial charge in [0, 0.05) is 30.0 Å². The molecule has 0 aliphatic heterocycles. The monoisotopic (exact) mass is 534 g/mol. The number of halogens is 2. The Bertz CT molecular complexity index is 1150. The highest BCUT2D eigenvalue weighted by atomic mass is 79.9. The van der Waals surface area contributed by atoms with Crippen molar-refractivity contribution in [2.45, 2.75) is 26.3 Å². The molecule has 0 aliphatic carbocycles. The van der Waals surface area contributed by atoms with Gasteiger partial charge in [-0.3, -0.25) is 9.69 Å². The summed E-state index contributed by atoms with van der Waals surface area (Å²) in [7, 11) is 0. The molecule has 0 saturated heterocycles. The van der Waals surface area contributed by atoms with Crippen molar-refractivity contribution < 1.29 is 9.53 Å². The van der Waals surface area contributed by atoms with E-state index in [1.54, 1.807) is 23.9 Å². The lowest BCUT2D eigenvalue weighted by molar-refractivity contribution is -0.118. The lowest BCUT2D eigenvalue weighted by Crippen LogP contribution is -2.33. The van der Waals surface area contributed by atoms with E-state index in [0.717, 1.165) is 44.1 Å². The molecular formula is C23H24BrClN4O2S. The highest BCUT2D eigenvalue weighted by Gasteiger charge is 2.20. The van der Waals surface area contributed by atoms with Gasteiger partial charge in [-0.2, -0.15) is 0 Å². The summed E-state index contributed by atoms with van der Waals surface area (Å²) in [4.78, 5) is 23.9. The normalized spacial score (nSPS) is 10.7. The quantitative estimate of drug-likeness (QED) is 0.274. The molecule has 0 aliphatic rings. The zero-order valence-electron chi connectivity index (χ0n) is 17.6. The van der Waals surface area contributed by atoms with Crippen molar-refractivity contribution in [3.63, 3.8) is 0 Å². The zero-order valence-corrected chi connectivity index (χ0v) is 20.8. The van der Waals surface area contributed by atoms with E-state index in [-0.39, 0.29) is 18.3 Å². The Morgan fingerprint density at radius 1 is 1.22 bits per heavy atom. The summed E-state index contributed by atoms with van der Waals surface area (Å²) in [6.07, 6.45) is 6.62. The topological polar surface area (TPSA) is 60.2 Å². The first-order chi connectivity index (χ1) is 15.1. The van der Waals surface area contributed by atoms with Gasteiger partial charge in [0.15, 0.2) is 5.13 Å². The van der Waals surface area contributed by atoms with E-state index >= 15 is 0 Å². The molecule has 32 heavy (non-hydrogen) atoms. The van der Waals surface area contributed by atoms with Crippen LogP contribution in [0, 0.1) is 0 Å². The van der Waals surface area contributed by atoms with Gasteiger partial charge in [0.2, 0.25) is 5.91 Å². The van der Waals surface area contributed by atoms with Crippen LogP contribution in [0.5, 0.6) is 5.75 Å². The maximum Gasteiger partial charge on any atom is 0.233 e. The Kier molecular flexibility index (Phi) is 8.67. The molecule has 0 N–H and O–H groups in total.